The van der Waals surface area contributed by atoms with E-state index in [1.165, 1.54) is 5.56 Å². The summed E-state index contributed by atoms with van der Waals surface area (Å²) in [7, 11) is 1.68. The van der Waals surface area contributed by atoms with E-state index in [0.29, 0.717) is 6.61 Å². The second kappa shape index (κ2) is 4.97. The van der Waals surface area contributed by atoms with Crippen molar-refractivity contribution in [2.75, 3.05) is 7.11 Å². The van der Waals surface area contributed by atoms with Gasteiger partial charge in [-0.1, -0.05) is 17.7 Å². The van der Waals surface area contributed by atoms with Crippen molar-refractivity contribution in [1.82, 2.24) is 0 Å². The molecule has 0 aromatic heterocycles. The molecule has 0 spiro atoms. The third-order valence-corrected chi connectivity index (χ3v) is 2.35. The topological polar surface area (TPSA) is 35.2 Å². The van der Waals surface area contributed by atoms with E-state index < -0.39 is 0 Å². The Hall–Kier alpha value is -0.570. The molecule has 15 heavy (non-hydrogen) atoms. The number of rotatable bonds is 4. The van der Waals surface area contributed by atoms with Gasteiger partial charge in [0.2, 0.25) is 0 Å². The molecule has 0 aliphatic carbocycles. The molecule has 0 radical (unpaired) electrons. The normalized spacial score (nSPS) is 11.8. The number of benzene rings is 1. The Labute approximate surface area is 96.4 Å². The first-order valence-electron chi connectivity index (χ1n) is 4.97. The van der Waals surface area contributed by atoms with Crippen LogP contribution in [0.2, 0.25) is 5.02 Å². The van der Waals surface area contributed by atoms with Crippen molar-refractivity contribution in [2.45, 2.75) is 32.4 Å². The van der Waals surface area contributed by atoms with E-state index >= 15 is 0 Å². The van der Waals surface area contributed by atoms with E-state index in [0.717, 1.165) is 17.0 Å². The highest BCUT2D eigenvalue weighted by molar-refractivity contribution is 6.30. The van der Waals surface area contributed by atoms with E-state index in [1.807, 2.05) is 32.0 Å². The van der Waals surface area contributed by atoms with E-state index in [1.54, 1.807) is 7.11 Å². The first-order chi connectivity index (χ1) is 6.92. The molecule has 0 atom stereocenters. The van der Waals surface area contributed by atoms with Gasteiger partial charge < -0.3 is 10.5 Å². The molecule has 1 rings (SSSR count). The van der Waals surface area contributed by atoms with Crippen molar-refractivity contribution in [3.05, 3.63) is 34.3 Å². The predicted molar refractivity (Wildman–Crippen MR) is 64.1 cm³/mol. The fourth-order valence-electron chi connectivity index (χ4n) is 1.55. The Morgan fingerprint density at radius 3 is 2.53 bits per heavy atom. The Kier molecular flexibility index (Phi) is 4.14. The van der Waals surface area contributed by atoms with E-state index in [-0.39, 0.29) is 5.54 Å². The average Bonchev–Trinajstić information content (AvgIpc) is 2.08. The molecule has 2 nitrogen and oxygen atoms in total. The van der Waals surface area contributed by atoms with Gasteiger partial charge in [0.15, 0.2) is 0 Å². The van der Waals surface area contributed by atoms with Crippen LogP contribution < -0.4 is 5.73 Å². The number of hydrogen-bond donors (Lipinski definition) is 1. The Morgan fingerprint density at radius 1 is 1.33 bits per heavy atom. The molecule has 0 aliphatic heterocycles. The molecule has 0 aliphatic rings. The second-order valence-corrected chi connectivity index (χ2v) is 4.95. The van der Waals surface area contributed by atoms with Gasteiger partial charge in [-0.25, -0.2) is 0 Å². The number of ether oxygens (including phenoxy) is 1. The number of nitrogens with two attached hydrogens (primary N) is 1. The SMILES string of the molecule is COCc1cc(Cl)ccc1CC(C)(C)N. The minimum Gasteiger partial charge on any atom is -0.380 e. The second-order valence-electron chi connectivity index (χ2n) is 4.51. The van der Waals surface area contributed by atoms with Gasteiger partial charge in [0.05, 0.1) is 6.61 Å². The molecule has 0 bridgehead atoms. The first-order valence-corrected chi connectivity index (χ1v) is 5.35. The lowest BCUT2D eigenvalue weighted by Crippen LogP contribution is -2.34. The maximum absolute atomic E-state index is 6.00. The van der Waals surface area contributed by atoms with Crippen LogP contribution in [0.1, 0.15) is 25.0 Å². The van der Waals surface area contributed by atoms with Crippen molar-refractivity contribution in [3.63, 3.8) is 0 Å². The molecule has 0 amide bonds. The molecule has 0 saturated heterocycles. The van der Waals surface area contributed by atoms with E-state index in [4.69, 9.17) is 22.1 Å². The monoisotopic (exact) mass is 227 g/mol. The summed E-state index contributed by atoms with van der Waals surface area (Å²) in [5, 5.41) is 0.737. The summed E-state index contributed by atoms with van der Waals surface area (Å²) < 4.78 is 5.14. The summed E-state index contributed by atoms with van der Waals surface area (Å²) in [5.41, 5.74) is 8.10. The molecule has 1 aromatic carbocycles. The first kappa shape index (κ1) is 12.5. The van der Waals surface area contributed by atoms with Crippen molar-refractivity contribution in [2.24, 2.45) is 5.73 Å². The van der Waals surface area contributed by atoms with Gasteiger partial charge in [0, 0.05) is 17.7 Å². The highest BCUT2D eigenvalue weighted by atomic mass is 35.5. The van der Waals surface area contributed by atoms with Crippen molar-refractivity contribution >= 4 is 11.6 Å². The van der Waals surface area contributed by atoms with Gasteiger partial charge in [0.25, 0.3) is 0 Å². The Balaban J connectivity index is 2.95. The molecule has 2 N–H and O–H groups in total. The molecule has 3 heteroatoms. The quantitative estimate of drug-likeness (QED) is 0.859. The third-order valence-electron chi connectivity index (χ3n) is 2.11. The molecular formula is C12H18ClNO. The highest BCUT2D eigenvalue weighted by Gasteiger charge is 2.14. The zero-order valence-corrected chi connectivity index (χ0v) is 10.3. The van der Waals surface area contributed by atoms with Crippen molar-refractivity contribution in [3.8, 4) is 0 Å². The van der Waals surface area contributed by atoms with Gasteiger partial charge >= 0.3 is 0 Å². The zero-order valence-electron chi connectivity index (χ0n) is 9.51. The standard InChI is InChI=1S/C12H18ClNO/c1-12(2,14)7-9-4-5-11(13)6-10(9)8-15-3/h4-6H,7-8,14H2,1-3H3. The minimum atomic E-state index is -0.212. The van der Waals surface area contributed by atoms with E-state index in [9.17, 15) is 0 Å². The van der Waals surface area contributed by atoms with Gasteiger partial charge in [-0.15, -0.1) is 0 Å². The van der Waals surface area contributed by atoms with Crippen LogP contribution in [0, 0.1) is 0 Å². The van der Waals surface area contributed by atoms with Crippen LogP contribution in [-0.2, 0) is 17.8 Å². The average molecular weight is 228 g/mol. The third kappa shape index (κ3) is 4.20. The molecule has 1 aromatic rings. The van der Waals surface area contributed by atoms with Crippen molar-refractivity contribution in [1.29, 1.82) is 0 Å². The molecule has 0 saturated carbocycles. The smallest absolute Gasteiger partial charge is 0.0716 e. The minimum absolute atomic E-state index is 0.212. The molecule has 0 fully saturated rings. The summed E-state index contributed by atoms with van der Waals surface area (Å²) in [4.78, 5) is 0. The lowest BCUT2D eigenvalue weighted by molar-refractivity contribution is 0.184. The molecule has 84 valence electrons. The van der Waals surface area contributed by atoms with Gasteiger partial charge in [-0.05, 0) is 43.5 Å². The predicted octanol–water partition coefficient (Wildman–Crippen LogP) is 2.77. The summed E-state index contributed by atoms with van der Waals surface area (Å²) in [6.07, 6.45) is 0.822. The van der Waals surface area contributed by atoms with Crippen LogP contribution in [0.5, 0.6) is 0 Å². The molecular weight excluding hydrogens is 210 g/mol. The maximum atomic E-state index is 6.00. The number of hydrogen-bond acceptors (Lipinski definition) is 2. The lowest BCUT2D eigenvalue weighted by Gasteiger charge is -2.20. The number of methoxy groups -OCH3 is 1. The molecule has 0 heterocycles. The maximum Gasteiger partial charge on any atom is 0.0716 e. The largest absolute Gasteiger partial charge is 0.380 e. The Morgan fingerprint density at radius 2 is 2.00 bits per heavy atom. The van der Waals surface area contributed by atoms with Gasteiger partial charge in [-0.2, -0.15) is 0 Å². The molecule has 0 unspecified atom stereocenters. The van der Waals surface area contributed by atoms with Gasteiger partial charge in [0.1, 0.15) is 0 Å². The van der Waals surface area contributed by atoms with Crippen LogP contribution >= 0.6 is 11.6 Å². The summed E-state index contributed by atoms with van der Waals surface area (Å²) in [5.74, 6) is 0. The van der Waals surface area contributed by atoms with Crippen LogP contribution in [0.4, 0.5) is 0 Å². The van der Waals surface area contributed by atoms with E-state index in [2.05, 4.69) is 0 Å². The van der Waals surface area contributed by atoms with Crippen LogP contribution in [-0.4, -0.2) is 12.6 Å². The summed E-state index contributed by atoms with van der Waals surface area (Å²) in [6.45, 7) is 4.60. The van der Waals surface area contributed by atoms with Crippen molar-refractivity contribution < 1.29 is 4.74 Å². The summed E-state index contributed by atoms with van der Waals surface area (Å²) >= 11 is 5.94. The van der Waals surface area contributed by atoms with Crippen LogP contribution in [0.15, 0.2) is 18.2 Å². The van der Waals surface area contributed by atoms with Gasteiger partial charge in [-0.3, -0.25) is 0 Å². The summed E-state index contributed by atoms with van der Waals surface area (Å²) in [6, 6.07) is 5.85. The van der Waals surface area contributed by atoms with Crippen LogP contribution in [0.3, 0.4) is 0 Å². The van der Waals surface area contributed by atoms with Crippen LogP contribution in [0.25, 0.3) is 0 Å². The highest BCUT2D eigenvalue weighted by Crippen LogP contribution is 2.20. The zero-order chi connectivity index (χ0) is 11.5. The fraction of sp³-hybridized carbons (Fsp3) is 0.500. The Bertz CT molecular complexity index is 331. The lowest BCUT2D eigenvalue weighted by atomic mass is 9.93. The fourth-order valence-corrected chi connectivity index (χ4v) is 1.74. The number of halogens is 1.